The summed E-state index contributed by atoms with van der Waals surface area (Å²) >= 11 is 0. The zero-order valence-electron chi connectivity index (χ0n) is 22.5. The van der Waals surface area contributed by atoms with Crippen molar-refractivity contribution >= 4 is 24.0 Å². The molecule has 8 unspecified atom stereocenters. The highest BCUT2D eigenvalue weighted by Gasteiger charge is 2.87. The predicted octanol–water partition coefficient (Wildman–Crippen LogP) is 3.75. The highest BCUT2D eigenvalue weighted by atomic mass is 16.6. The number of fused-ring (bicyclic) bond motifs is 5. The van der Waals surface area contributed by atoms with Gasteiger partial charge in [-0.05, 0) is 38.3 Å². The monoisotopic (exact) mass is 498 g/mol. The molecule has 0 aromatic carbocycles. The summed E-state index contributed by atoms with van der Waals surface area (Å²) in [6.45, 7) is 14.3. The molecule has 0 aliphatic heterocycles. The van der Waals surface area contributed by atoms with E-state index in [-0.39, 0.29) is 12.2 Å². The number of hydrogen-bond acceptors (Lipinski definition) is 7. The van der Waals surface area contributed by atoms with Gasteiger partial charge in [0.2, 0.25) is 0 Å². The Morgan fingerprint density at radius 3 is 2.39 bits per heavy atom. The number of ketones is 1. The summed E-state index contributed by atoms with van der Waals surface area (Å²) in [5.41, 5.74) is -1.91. The number of esters is 2. The average Bonchev–Trinajstić information content (AvgIpc) is 3.22. The Labute approximate surface area is 213 Å². The number of aliphatic hydroxyl groups is 1. The molecule has 0 heterocycles. The second kappa shape index (κ2) is 8.51. The molecule has 4 aliphatic carbocycles. The van der Waals surface area contributed by atoms with Crippen molar-refractivity contribution in [2.24, 2.45) is 40.9 Å². The van der Waals surface area contributed by atoms with Gasteiger partial charge in [-0.25, -0.2) is 4.79 Å². The van der Waals surface area contributed by atoms with Crippen LogP contribution in [0.4, 0.5) is 0 Å². The van der Waals surface area contributed by atoms with Gasteiger partial charge in [-0.2, -0.15) is 0 Å². The van der Waals surface area contributed by atoms with Crippen molar-refractivity contribution in [1.82, 2.24) is 0 Å². The summed E-state index contributed by atoms with van der Waals surface area (Å²) in [4.78, 5) is 51.2. The lowest BCUT2D eigenvalue weighted by Crippen LogP contribution is -2.63. The molecular formula is C29H38O7. The number of hydrogen-bond donors (Lipinski definition) is 1. The minimum Gasteiger partial charge on any atom is -0.454 e. The van der Waals surface area contributed by atoms with E-state index in [1.165, 1.54) is 0 Å². The van der Waals surface area contributed by atoms with Crippen LogP contribution < -0.4 is 0 Å². The first-order valence-electron chi connectivity index (χ1n) is 12.9. The first-order valence-corrected chi connectivity index (χ1v) is 12.9. The molecule has 0 aromatic heterocycles. The molecular weight excluding hydrogens is 460 g/mol. The topological polar surface area (TPSA) is 107 Å². The Bertz CT molecular complexity index is 1110. The minimum atomic E-state index is -1.50. The summed E-state index contributed by atoms with van der Waals surface area (Å²) in [5, 5.41) is 12.6. The van der Waals surface area contributed by atoms with Gasteiger partial charge in [0, 0.05) is 40.6 Å². The van der Waals surface area contributed by atoms with Crippen LogP contribution in [0, 0.1) is 40.9 Å². The molecule has 0 saturated heterocycles. The molecule has 4 aliphatic rings. The Kier molecular flexibility index (Phi) is 6.27. The molecule has 0 amide bonds. The second-order valence-corrected chi connectivity index (χ2v) is 12.0. The van der Waals surface area contributed by atoms with E-state index in [1.54, 1.807) is 53.7 Å². The molecule has 36 heavy (non-hydrogen) atoms. The average molecular weight is 499 g/mol. The van der Waals surface area contributed by atoms with Crippen LogP contribution in [-0.2, 0) is 28.7 Å². The van der Waals surface area contributed by atoms with Gasteiger partial charge >= 0.3 is 11.9 Å². The van der Waals surface area contributed by atoms with Crippen molar-refractivity contribution in [2.75, 3.05) is 0 Å². The van der Waals surface area contributed by atoms with Gasteiger partial charge in [-0.3, -0.25) is 14.4 Å². The van der Waals surface area contributed by atoms with E-state index in [0.717, 1.165) is 6.29 Å². The molecule has 4 rings (SSSR count). The third-order valence-corrected chi connectivity index (χ3v) is 9.52. The lowest BCUT2D eigenvalue weighted by molar-refractivity contribution is -0.220. The van der Waals surface area contributed by atoms with E-state index < -0.39 is 70.2 Å². The number of carbonyl (C=O) groups excluding carboxylic acids is 4. The SMILES string of the molecule is CC=C(C)C(=O)OC1C(C)C2(O)C3C=C(C)C(=O)C3CC(C=O)=CC2C2C(C)(C)C12OC(=O)C(C)C. The third kappa shape index (κ3) is 3.34. The van der Waals surface area contributed by atoms with E-state index in [9.17, 15) is 24.3 Å². The van der Waals surface area contributed by atoms with Gasteiger partial charge in [0.15, 0.2) is 11.4 Å². The van der Waals surface area contributed by atoms with Crippen molar-refractivity contribution < 1.29 is 33.8 Å². The normalized spacial score (nSPS) is 40.7. The smallest absolute Gasteiger partial charge is 0.333 e. The van der Waals surface area contributed by atoms with Gasteiger partial charge in [0.05, 0.1) is 11.5 Å². The number of rotatable bonds is 5. The summed E-state index contributed by atoms with van der Waals surface area (Å²) in [5.74, 6) is -4.26. The maximum atomic E-state index is 13.1. The first kappa shape index (κ1) is 26.5. The first-order chi connectivity index (χ1) is 16.7. The molecule has 0 aromatic rings. The molecule has 7 nitrogen and oxygen atoms in total. The van der Waals surface area contributed by atoms with E-state index >= 15 is 0 Å². The minimum absolute atomic E-state index is 0.0783. The van der Waals surface area contributed by atoms with Crippen LogP contribution in [-0.4, -0.2) is 46.4 Å². The fraction of sp³-hybridized carbons (Fsp3) is 0.655. The Hall–Kier alpha value is -2.54. The summed E-state index contributed by atoms with van der Waals surface area (Å²) in [7, 11) is 0. The van der Waals surface area contributed by atoms with E-state index in [2.05, 4.69) is 0 Å². The number of Topliss-reactive ketones (excluding diaryl/α,β-unsaturated/α-hetero) is 1. The van der Waals surface area contributed by atoms with Crippen molar-refractivity contribution in [1.29, 1.82) is 0 Å². The number of allylic oxidation sites excluding steroid dienone is 3. The van der Waals surface area contributed by atoms with Gasteiger partial charge in [-0.1, -0.05) is 52.8 Å². The molecule has 8 atom stereocenters. The zero-order chi connectivity index (χ0) is 27.0. The Morgan fingerprint density at radius 2 is 1.83 bits per heavy atom. The van der Waals surface area contributed by atoms with Crippen LogP contribution in [0.2, 0.25) is 0 Å². The standard InChI is InChI=1S/C29H38O7/c1-9-15(4)26(33)35-24-17(6)28(34)20-10-16(5)22(31)19(20)11-18(13-30)12-21(28)23-27(7,8)29(23,24)36-25(32)14(2)3/h9-10,12-14,17,19-21,23-24,34H,11H2,1-8H3. The van der Waals surface area contributed by atoms with Gasteiger partial charge in [-0.15, -0.1) is 0 Å². The Balaban J connectivity index is 1.93. The number of aldehydes is 1. The molecule has 0 spiro atoms. The molecule has 196 valence electrons. The number of ether oxygens (including phenoxy) is 2. The van der Waals surface area contributed by atoms with Crippen LogP contribution in [0.25, 0.3) is 0 Å². The molecule has 0 radical (unpaired) electrons. The fourth-order valence-electron chi connectivity index (χ4n) is 7.29. The van der Waals surface area contributed by atoms with Crippen molar-refractivity contribution in [3.8, 4) is 0 Å². The lowest BCUT2D eigenvalue weighted by Gasteiger charge is -2.52. The van der Waals surface area contributed by atoms with Crippen molar-refractivity contribution in [2.45, 2.75) is 79.1 Å². The maximum absolute atomic E-state index is 13.1. The van der Waals surface area contributed by atoms with E-state index in [1.807, 2.05) is 19.9 Å². The zero-order valence-corrected chi connectivity index (χ0v) is 22.5. The molecule has 0 bridgehead atoms. The Morgan fingerprint density at radius 1 is 1.19 bits per heavy atom. The lowest BCUT2D eigenvalue weighted by atomic mass is 9.59. The van der Waals surface area contributed by atoms with E-state index in [0.29, 0.717) is 16.7 Å². The summed E-state index contributed by atoms with van der Waals surface area (Å²) in [6.07, 6.45) is 5.30. The van der Waals surface area contributed by atoms with Gasteiger partial charge in [0.1, 0.15) is 12.4 Å². The summed E-state index contributed by atoms with van der Waals surface area (Å²) in [6, 6.07) is 0. The van der Waals surface area contributed by atoms with Crippen molar-refractivity contribution in [3.05, 3.63) is 34.9 Å². The predicted molar refractivity (Wildman–Crippen MR) is 132 cm³/mol. The van der Waals surface area contributed by atoms with Crippen LogP contribution in [0.5, 0.6) is 0 Å². The maximum Gasteiger partial charge on any atom is 0.333 e. The van der Waals surface area contributed by atoms with Gasteiger partial charge in [0.25, 0.3) is 0 Å². The van der Waals surface area contributed by atoms with Crippen LogP contribution in [0.1, 0.15) is 61.8 Å². The number of carbonyl (C=O) groups is 4. The fourth-order valence-corrected chi connectivity index (χ4v) is 7.29. The molecule has 7 heteroatoms. The molecule has 2 fully saturated rings. The molecule has 2 saturated carbocycles. The summed E-state index contributed by atoms with van der Waals surface area (Å²) < 4.78 is 12.3. The van der Waals surface area contributed by atoms with Gasteiger partial charge < -0.3 is 14.6 Å². The van der Waals surface area contributed by atoms with E-state index in [4.69, 9.17) is 9.47 Å². The van der Waals surface area contributed by atoms with Crippen molar-refractivity contribution in [3.63, 3.8) is 0 Å². The van der Waals surface area contributed by atoms with Crippen LogP contribution in [0.3, 0.4) is 0 Å². The largest absolute Gasteiger partial charge is 0.454 e. The highest BCUT2D eigenvalue weighted by Crippen LogP contribution is 2.77. The van der Waals surface area contributed by atoms with Crippen LogP contribution in [0.15, 0.2) is 34.9 Å². The molecule has 1 N–H and O–H groups in total. The highest BCUT2D eigenvalue weighted by molar-refractivity contribution is 6.00. The third-order valence-electron chi connectivity index (χ3n) is 9.52. The van der Waals surface area contributed by atoms with Crippen LogP contribution >= 0.6 is 0 Å². The quantitative estimate of drug-likeness (QED) is 0.349. The second-order valence-electron chi connectivity index (χ2n) is 12.0.